The van der Waals surface area contributed by atoms with E-state index in [0.29, 0.717) is 25.7 Å². The number of hydrogen-bond donors (Lipinski definition) is 2. The third kappa shape index (κ3) is 4.18. The average molecular weight is 323 g/mol. The maximum atomic E-state index is 12.4. The third-order valence-electron chi connectivity index (χ3n) is 3.46. The molecule has 2 atom stereocenters. The van der Waals surface area contributed by atoms with Crippen LogP contribution in [0.5, 0.6) is 0 Å². The lowest BCUT2D eigenvalue weighted by Gasteiger charge is -2.26. The molecule has 2 unspecified atom stereocenters. The summed E-state index contributed by atoms with van der Waals surface area (Å²) >= 11 is 0. The van der Waals surface area contributed by atoms with Gasteiger partial charge in [0.05, 0.1) is 16.6 Å². The van der Waals surface area contributed by atoms with Crippen LogP contribution in [0.15, 0.2) is 29.2 Å². The number of nitrogens with one attached hydrogen (secondary N) is 1. The Kier molecular flexibility index (Phi) is 4.60. The Morgan fingerprint density at radius 1 is 1.14 bits per heavy atom. The van der Waals surface area contributed by atoms with Gasteiger partial charge in [-0.25, -0.2) is 13.1 Å². The molecule has 0 spiro atoms. The third-order valence-corrected chi connectivity index (χ3v) is 5.00. The predicted molar refractivity (Wildman–Crippen MR) is 70.0 cm³/mol. The number of aliphatic hydroxyl groups excluding tert-OH is 1. The van der Waals surface area contributed by atoms with Crippen molar-refractivity contribution in [3.05, 3.63) is 29.8 Å². The van der Waals surface area contributed by atoms with Gasteiger partial charge in [0.15, 0.2) is 0 Å². The fourth-order valence-electron chi connectivity index (χ4n) is 2.38. The molecule has 1 aliphatic carbocycles. The summed E-state index contributed by atoms with van der Waals surface area (Å²) in [5, 5.41) is 9.51. The summed E-state index contributed by atoms with van der Waals surface area (Å²) in [6.07, 6.45) is -2.76. The van der Waals surface area contributed by atoms with Crippen LogP contribution in [-0.2, 0) is 16.2 Å². The summed E-state index contributed by atoms with van der Waals surface area (Å²) in [6, 6.07) is 2.96. The van der Waals surface area contributed by atoms with E-state index < -0.39 is 27.9 Å². The van der Waals surface area contributed by atoms with Crippen molar-refractivity contribution in [2.45, 2.75) is 48.9 Å². The molecule has 0 saturated heterocycles. The zero-order valence-corrected chi connectivity index (χ0v) is 11.9. The van der Waals surface area contributed by atoms with Gasteiger partial charge in [0.2, 0.25) is 10.0 Å². The van der Waals surface area contributed by atoms with Gasteiger partial charge >= 0.3 is 6.18 Å². The molecular weight excluding hydrogens is 307 g/mol. The molecule has 4 nitrogen and oxygen atoms in total. The van der Waals surface area contributed by atoms with Crippen molar-refractivity contribution < 1.29 is 26.7 Å². The Morgan fingerprint density at radius 3 is 2.29 bits per heavy atom. The zero-order valence-electron chi connectivity index (χ0n) is 11.1. The molecular formula is C13H16F3NO3S. The van der Waals surface area contributed by atoms with E-state index in [4.69, 9.17) is 0 Å². The Hall–Kier alpha value is -1.12. The average Bonchev–Trinajstić information content (AvgIpc) is 2.37. The summed E-state index contributed by atoms with van der Waals surface area (Å²) in [6.45, 7) is 0. The molecule has 1 saturated carbocycles. The SMILES string of the molecule is O=S(=O)(NC1CCCC(O)C1)c1ccc(C(F)(F)F)cc1. The Bertz CT molecular complexity index is 584. The van der Waals surface area contributed by atoms with Crippen LogP contribution in [0.4, 0.5) is 13.2 Å². The second kappa shape index (κ2) is 5.94. The van der Waals surface area contributed by atoms with Crippen molar-refractivity contribution in [1.82, 2.24) is 4.72 Å². The minimum atomic E-state index is -4.50. The van der Waals surface area contributed by atoms with Crippen LogP contribution >= 0.6 is 0 Å². The number of halogens is 3. The lowest BCUT2D eigenvalue weighted by atomic mass is 9.94. The minimum Gasteiger partial charge on any atom is -0.393 e. The van der Waals surface area contributed by atoms with Crippen LogP contribution in [0.25, 0.3) is 0 Å². The monoisotopic (exact) mass is 323 g/mol. The van der Waals surface area contributed by atoms with E-state index in [2.05, 4.69) is 4.72 Å². The van der Waals surface area contributed by atoms with Crippen LogP contribution in [0.3, 0.4) is 0 Å². The molecule has 2 rings (SSSR count). The lowest BCUT2D eigenvalue weighted by molar-refractivity contribution is -0.137. The van der Waals surface area contributed by atoms with Gasteiger partial charge in [-0.1, -0.05) is 0 Å². The normalized spacial score (nSPS) is 24.0. The molecule has 0 amide bonds. The Labute approximate surface area is 121 Å². The van der Waals surface area contributed by atoms with E-state index in [1.807, 2.05) is 0 Å². The number of hydrogen-bond acceptors (Lipinski definition) is 3. The Balaban J connectivity index is 2.12. The van der Waals surface area contributed by atoms with E-state index in [-0.39, 0.29) is 10.9 Å². The van der Waals surface area contributed by atoms with Crippen molar-refractivity contribution in [2.24, 2.45) is 0 Å². The van der Waals surface area contributed by atoms with Crippen LogP contribution in [0.2, 0.25) is 0 Å². The van der Waals surface area contributed by atoms with Crippen molar-refractivity contribution in [1.29, 1.82) is 0 Å². The van der Waals surface area contributed by atoms with Crippen molar-refractivity contribution in [3.63, 3.8) is 0 Å². The van der Waals surface area contributed by atoms with Gasteiger partial charge in [0.1, 0.15) is 0 Å². The highest BCUT2D eigenvalue weighted by Crippen LogP contribution is 2.30. The van der Waals surface area contributed by atoms with Gasteiger partial charge in [0, 0.05) is 6.04 Å². The molecule has 0 aliphatic heterocycles. The second-order valence-electron chi connectivity index (χ2n) is 5.16. The van der Waals surface area contributed by atoms with E-state index in [9.17, 15) is 26.7 Å². The van der Waals surface area contributed by atoms with E-state index >= 15 is 0 Å². The molecule has 0 radical (unpaired) electrons. The second-order valence-corrected chi connectivity index (χ2v) is 6.87. The van der Waals surface area contributed by atoms with Crippen molar-refractivity contribution in [2.75, 3.05) is 0 Å². The summed E-state index contributed by atoms with van der Waals surface area (Å²) < 4.78 is 63.9. The molecule has 1 fully saturated rings. The van der Waals surface area contributed by atoms with Crippen LogP contribution < -0.4 is 4.72 Å². The molecule has 0 aromatic heterocycles. The maximum Gasteiger partial charge on any atom is 0.416 e. The Morgan fingerprint density at radius 2 is 1.76 bits per heavy atom. The maximum absolute atomic E-state index is 12.4. The summed E-state index contributed by atoms with van der Waals surface area (Å²) in [5.74, 6) is 0. The van der Waals surface area contributed by atoms with Crippen molar-refractivity contribution >= 4 is 10.0 Å². The largest absolute Gasteiger partial charge is 0.416 e. The standard InChI is InChI=1S/C13H16F3NO3S/c14-13(15,16)9-4-6-12(7-5-9)21(19,20)17-10-2-1-3-11(18)8-10/h4-7,10-11,17-18H,1-3,8H2. The highest BCUT2D eigenvalue weighted by atomic mass is 32.2. The summed E-state index contributed by atoms with van der Waals surface area (Å²) in [5.41, 5.74) is -0.894. The first-order valence-electron chi connectivity index (χ1n) is 6.56. The van der Waals surface area contributed by atoms with Crippen LogP contribution in [0.1, 0.15) is 31.2 Å². The summed E-state index contributed by atoms with van der Waals surface area (Å²) in [4.78, 5) is -0.212. The van der Waals surface area contributed by atoms with Gasteiger partial charge in [-0.2, -0.15) is 13.2 Å². The first-order valence-corrected chi connectivity index (χ1v) is 8.04. The van der Waals surface area contributed by atoms with Crippen molar-refractivity contribution in [3.8, 4) is 0 Å². The van der Waals surface area contributed by atoms with Gasteiger partial charge in [0.25, 0.3) is 0 Å². The fraction of sp³-hybridized carbons (Fsp3) is 0.538. The first-order chi connectivity index (χ1) is 9.68. The molecule has 118 valence electrons. The van der Waals surface area contributed by atoms with Gasteiger partial charge in [-0.3, -0.25) is 0 Å². The van der Waals surface area contributed by atoms with Gasteiger partial charge in [-0.05, 0) is 49.9 Å². The first kappa shape index (κ1) is 16.3. The topological polar surface area (TPSA) is 66.4 Å². The quantitative estimate of drug-likeness (QED) is 0.897. The number of sulfonamides is 1. The fourth-order valence-corrected chi connectivity index (χ4v) is 3.66. The predicted octanol–water partition coefficient (Wildman–Crippen LogP) is 2.29. The number of alkyl halides is 3. The smallest absolute Gasteiger partial charge is 0.393 e. The number of rotatable bonds is 3. The van der Waals surface area contributed by atoms with E-state index in [0.717, 1.165) is 24.3 Å². The zero-order chi connectivity index (χ0) is 15.7. The molecule has 8 heteroatoms. The lowest BCUT2D eigenvalue weighted by Crippen LogP contribution is -2.39. The molecule has 1 aromatic rings. The molecule has 1 aromatic carbocycles. The highest BCUT2D eigenvalue weighted by molar-refractivity contribution is 7.89. The van der Waals surface area contributed by atoms with Crippen LogP contribution in [0, 0.1) is 0 Å². The van der Waals surface area contributed by atoms with E-state index in [1.54, 1.807) is 0 Å². The van der Waals surface area contributed by atoms with E-state index in [1.165, 1.54) is 0 Å². The highest BCUT2D eigenvalue weighted by Gasteiger charge is 2.31. The minimum absolute atomic E-state index is 0.212. The molecule has 21 heavy (non-hydrogen) atoms. The molecule has 0 heterocycles. The molecule has 0 bridgehead atoms. The number of aliphatic hydroxyl groups is 1. The van der Waals surface area contributed by atoms with Gasteiger partial charge in [-0.15, -0.1) is 0 Å². The molecule has 1 aliphatic rings. The number of benzene rings is 1. The van der Waals surface area contributed by atoms with Gasteiger partial charge < -0.3 is 5.11 Å². The molecule has 2 N–H and O–H groups in total. The summed E-state index contributed by atoms with van der Waals surface area (Å²) in [7, 11) is -3.87. The van der Waals surface area contributed by atoms with Crippen LogP contribution in [-0.4, -0.2) is 25.7 Å².